The average molecular weight is 205 g/mol. The van der Waals surface area contributed by atoms with E-state index >= 15 is 0 Å². The van der Waals surface area contributed by atoms with Crippen molar-refractivity contribution >= 4 is 11.4 Å². The Morgan fingerprint density at radius 1 is 1.33 bits per heavy atom. The molecule has 0 saturated carbocycles. The molecule has 0 amide bonds. The molecule has 1 heterocycles. The average Bonchev–Trinajstić information content (AvgIpc) is 2.44. The first-order valence-electron chi connectivity index (χ1n) is 5.62. The minimum atomic E-state index is 0.767. The summed E-state index contributed by atoms with van der Waals surface area (Å²) in [5, 5.41) is 2.23. The normalized spacial score (nSPS) is 22.5. The fourth-order valence-corrected chi connectivity index (χ4v) is 1.92. The van der Waals surface area contributed by atoms with Crippen molar-refractivity contribution in [2.75, 3.05) is 23.8 Å². The Balaban J connectivity index is 2.06. The molecule has 3 N–H and O–H groups in total. The number of hydrogen-bond acceptors (Lipinski definition) is 3. The predicted octanol–water partition coefficient (Wildman–Crippen LogP) is 2.01. The molecule has 0 radical (unpaired) electrons. The third kappa shape index (κ3) is 2.63. The van der Waals surface area contributed by atoms with Gasteiger partial charge in [-0.2, -0.15) is 0 Å². The van der Waals surface area contributed by atoms with Crippen LogP contribution >= 0.6 is 0 Å². The Morgan fingerprint density at radius 3 is 2.80 bits per heavy atom. The molecule has 15 heavy (non-hydrogen) atoms. The molecule has 1 saturated heterocycles. The van der Waals surface area contributed by atoms with E-state index in [-0.39, 0.29) is 0 Å². The molecule has 0 aromatic heterocycles. The summed E-state index contributed by atoms with van der Waals surface area (Å²) in [6.45, 7) is 4.43. The van der Waals surface area contributed by atoms with E-state index in [1.807, 2.05) is 12.1 Å². The highest BCUT2D eigenvalue weighted by molar-refractivity contribution is 5.52. The van der Waals surface area contributed by atoms with Crippen LogP contribution in [0.3, 0.4) is 0 Å². The minimum absolute atomic E-state index is 0.767. The van der Waals surface area contributed by atoms with Crippen LogP contribution < -0.4 is 16.2 Å². The zero-order valence-corrected chi connectivity index (χ0v) is 9.24. The topological polar surface area (TPSA) is 41.3 Å². The number of hydrazine groups is 1. The van der Waals surface area contributed by atoms with Crippen LogP contribution in [-0.2, 0) is 0 Å². The number of nitrogens with zero attached hydrogens (tertiary/aromatic N) is 1. The molecule has 82 valence electrons. The van der Waals surface area contributed by atoms with Crippen LogP contribution in [0.5, 0.6) is 0 Å². The van der Waals surface area contributed by atoms with Crippen molar-refractivity contribution in [1.29, 1.82) is 0 Å². The Hall–Kier alpha value is -1.22. The van der Waals surface area contributed by atoms with E-state index in [1.54, 1.807) is 0 Å². The molecule has 0 bridgehead atoms. The summed E-state index contributed by atoms with van der Waals surface area (Å²) in [4.78, 5) is 0. The fraction of sp³-hybridized carbons (Fsp3) is 0.500. The molecule has 1 aromatic carbocycles. The summed E-state index contributed by atoms with van der Waals surface area (Å²) in [6.07, 6.45) is 2.55. The molecular weight excluding hydrogens is 186 g/mol. The monoisotopic (exact) mass is 205 g/mol. The van der Waals surface area contributed by atoms with Gasteiger partial charge in [-0.05, 0) is 43.0 Å². The van der Waals surface area contributed by atoms with Crippen molar-refractivity contribution in [3.05, 3.63) is 24.3 Å². The van der Waals surface area contributed by atoms with Crippen LogP contribution in [0.15, 0.2) is 24.3 Å². The molecule has 1 aromatic rings. The molecule has 1 aliphatic rings. The van der Waals surface area contributed by atoms with Crippen LogP contribution in [0.1, 0.15) is 19.8 Å². The molecule has 2 rings (SSSR count). The summed E-state index contributed by atoms with van der Waals surface area (Å²) in [6, 6.07) is 8.04. The third-order valence-corrected chi connectivity index (χ3v) is 2.91. The summed E-state index contributed by atoms with van der Waals surface area (Å²) >= 11 is 0. The van der Waals surface area contributed by atoms with Gasteiger partial charge in [0.05, 0.1) is 5.69 Å². The minimum Gasteiger partial charge on any atom is -0.399 e. The highest BCUT2D eigenvalue weighted by atomic mass is 15.5. The highest BCUT2D eigenvalue weighted by Gasteiger charge is 2.12. The number of nitrogens with two attached hydrogens (primary N) is 1. The van der Waals surface area contributed by atoms with Crippen LogP contribution in [0, 0.1) is 5.92 Å². The first-order valence-corrected chi connectivity index (χ1v) is 5.62. The Kier molecular flexibility index (Phi) is 3.11. The van der Waals surface area contributed by atoms with E-state index in [0.717, 1.165) is 24.7 Å². The number of hydrogen-bond donors (Lipinski definition) is 2. The second kappa shape index (κ2) is 4.53. The van der Waals surface area contributed by atoms with Gasteiger partial charge in [0, 0.05) is 18.8 Å². The first kappa shape index (κ1) is 10.3. The van der Waals surface area contributed by atoms with Crippen LogP contribution in [-0.4, -0.2) is 13.1 Å². The molecule has 1 fully saturated rings. The van der Waals surface area contributed by atoms with Gasteiger partial charge < -0.3 is 10.7 Å². The van der Waals surface area contributed by atoms with Gasteiger partial charge in [0.1, 0.15) is 0 Å². The van der Waals surface area contributed by atoms with Gasteiger partial charge in [0.15, 0.2) is 0 Å². The van der Waals surface area contributed by atoms with Crippen molar-refractivity contribution < 1.29 is 0 Å². The van der Waals surface area contributed by atoms with Crippen molar-refractivity contribution in [2.24, 2.45) is 5.92 Å². The Morgan fingerprint density at radius 2 is 2.07 bits per heavy atom. The van der Waals surface area contributed by atoms with Gasteiger partial charge in [-0.15, -0.1) is 0 Å². The molecule has 3 heteroatoms. The second-order valence-electron chi connectivity index (χ2n) is 4.35. The lowest BCUT2D eigenvalue weighted by Crippen LogP contribution is -2.38. The van der Waals surface area contributed by atoms with Crippen molar-refractivity contribution in [1.82, 2.24) is 5.43 Å². The summed E-state index contributed by atoms with van der Waals surface area (Å²) in [5.41, 5.74) is 11.2. The molecule has 1 aliphatic heterocycles. The van der Waals surface area contributed by atoms with Gasteiger partial charge in [-0.1, -0.05) is 6.92 Å². The van der Waals surface area contributed by atoms with Gasteiger partial charge >= 0.3 is 0 Å². The largest absolute Gasteiger partial charge is 0.399 e. The van der Waals surface area contributed by atoms with Crippen molar-refractivity contribution in [3.8, 4) is 0 Å². The first-order chi connectivity index (χ1) is 7.25. The lowest BCUT2D eigenvalue weighted by Gasteiger charge is -2.23. The van der Waals surface area contributed by atoms with E-state index in [2.05, 4.69) is 29.5 Å². The molecular formula is C12H19N3. The van der Waals surface area contributed by atoms with Gasteiger partial charge in [0.25, 0.3) is 0 Å². The smallest absolute Gasteiger partial charge is 0.0521 e. The van der Waals surface area contributed by atoms with Gasteiger partial charge in [-0.3, -0.25) is 0 Å². The van der Waals surface area contributed by atoms with Crippen molar-refractivity contribution in [2.45, 2.75) is 19.8 Å². The number of benzene rings is 1. The lowest BCUT2D eigenvalue weighted by molar-refractivity contribution is 0.520. The zero-order valence-electron chi connectivity index (χ0n) is 9.24. The van der Waals surface area contributed by atoms with Crippen LogP contribution in [0.4, 0.5) is 11.4 Å². The SMILES string of the molecule is CC1CCCN(c2ccc(N)cc2)NC1. The number of nitrogens with one attached hydrogen (secondary N) is 1. The molecule has 0 aliphatic carbocycles. The zero-order chi connectivity index (χ0) is 10.7. The van der Waals surface area contributed by atoms with Crippen LogP contribution in [0.2, 0.25) is 0 Å². The highest BCUT2D eigenvalue weighted by Crippen LogP contribution is 2.18. The summed E-state index contributed by atoms with van der Waals surface area (Å²) in [7, 11) is 0. The number of anilines is 2. The quantitative estimate of drug-likeness (QED) is 0.689. The maximum absolute atomic E-state index is 5.67. The summed E-state index contributed by atoms with van der Waals surface area (Å²) in [5.74, 6) is 0.767. The van der Waals surface area contributed by atoms with E-state index < -0.39 is 0 Å². The van der Waals surface area contributed by atoms with E-state index in [1.165, 1.54) is 18.5 Å². The van der Waals surface area contributed by atoms with Crippen LogP contribution in [0.25, 0.3) is 0 Å². The van der Waals surface area contributed by atoms with E-state index in [9.17, 15) is 0 Å². The standard InChI is InChI=1S/C12H19N3/c1-10-3-2-8-15(14-9-10)12-6-4-11(13)5-7-12/h4-7,10,14H,2-3,8-9,13H2,1H3. The van der Waals surface area contributed by atoms with Gasteiger partial charge in [-0.25, -0.2) is 5.43 Å². The maximum atomic E-state index is 5.67. The predicted molar refractivity (Wildman–Crippen MR) is 64.6 cm³/mol. The Labute approximate surface area is 91.2 Å². The summed E-state index contributed by atoms with van der Waals surface area (Å²) < 4.78 is 0. The van der Waals surface area contributed by atoms with E-state index in [4.69, 9.17) is 5.73 Å². The number of nitrogen functional groups attached to an aromatic ring is 1. The van der Waals surface area contributed by atoms with Crippen molar-refractivity contribution in [3.63, 3.8) is 0 Å². The lowest BCUT2D eigenvalue weighted by atomic mass is 10.1. The second-order valence-corrected chi connectivity index (χ2v) is 4.35. The molecule has 1 atom stereocenters. The fourth-order valence-electron chi connectivity index (χ4n) is 1.92. The van der Waals surface area contributed by atoms with E-state index in [0.29, 0.717) is 0 Å². The molecule has 3 nitrogen and oxygen atoms in total. The maximum Gasteiger partial charge on any atom is 0.0521 e. The third-order valence-electron chi connectivity index (χ3n) is 2.91. The van der Waals surface area contributed by atoms with Gasteiger partial charge in [0.2, 0.25) is 0 Å². The molecule has 1 unspecified atom stereocenters. The number of rotatable bonds is 1. The Bertz CT molecular complexity index is 307. The molecule has 0 spiro atoms.